The van der Waals surface area contributed by atoms with Crippen LogP contribution in [0, 0.1) is 13.8 Å². The van der Waals surface area contributed by atoms with E-state index >= 15 is 0 Å². The van der Waals surface area contributed by atoms with Gasteiger partial charge in [-0.05, 0) is 26.8 Å². The Morgan fingerprint density at radius 3 is 2.68 bits per heavy atom. The average molecular weight is 262 g/mol. The lowest BCUT2D eigenvalue weighted by Crippen LogP contribution is -2.06. The van der Waals surface area contributed by atoms with Crippen molar-refractivity contribution < 1.29 is 18.8 Å². The van der Waals surface area contributed by atoms with Gasteiger partial charge in [0.2, 0.25) is 0 Å². The molecule has 6 nitrogen and oxygen atoms in total. The second-order valence-corrected chi connectivity index (χ2v) is 4.24. The molecule has 0 saturated carbocycles. The minimum Gasteiger partial charge on any atom is -0.456 e. The maximum atomic E-state index is 11.8. The van der Waals surface area contributed by atoms with E-state index in [2.05, 4.69) is 10.1 Å². The van der Waals surface area contributed by atoms with Crippen LogP contribution in [0.4, 0.5) is 0 Å². The van der Waals surface area contributed by atoms with Crippen LogP contribution >= 0.6 is 0 Å². The molecule has 0 aliphatic heterocycles. The Bertz CT molecular complexity index is 605. The number of aryl methyl sites for hydroxylation is 2. The Balaban J connectivity index is 2.03. The topological polar surface area (TPSA) is 85.2 Å². The largest absolute Gasteiger partial charge is 0.456 e. The monoisotopic (exact) mass is 262 g/mol. The number of Topliss-reactive ketones (excluding diaryl/α,β-unsaturated/α-hetero) is 1. The Labute approximate surface area is 109 Å². The third-order valence-electron chi connectivity index (χ3n) is 2.84. The summed E-state index contributed by atoms with van der Waals surface area (Å²) in [5.74, 6) is -0.00488. The van der Waals surface area contributed by atoms with E-state index in [1.807, 2.05) is 0 Å². The molecule has 1 N–H and O–H groups in total. The van der Waals surface area contributed by atoms with Gasteiger partial charge in [0.05, 0.1) is 11.3 Å². The highest BCUT2D eigenvalue weighted by atomic mass is 16.5. The molecule has 0 aliphatic rings. The number of esters is 1. The van der Waals surface area contributed by atoms with Gasteiger partial charge < -0.3 is 14.2 Å². The molecule has 0 radical (unpaired) electrons. The minimum atomic E-state index is -0.521. The molecule has 0 saturated heterocycles. The van der Waals surface area contributed by atoms with Crippen molar-refractivity contribution in [2.75, 3.05) is 0 Å². The first-order valence-electron chi connectivity index (χ1n) is 5.77. The van der Waals surface area contributed by atoms with Crippen molar-refractivity contribution in [1.82, 2.24) is 10.1 Å². The molecule has 0 spiro atoms. The highest BCUT2D eigenvalue weighted by Crippen LogP contribution is 2.14. The molecule has 2 heterocycles. The zero-order valence-corrected chi connectivity index (χ0v) is 10.9. The first-order valence-corrected chi connectivity index (χ1v) is 5.77. The number of aromatic nitrogens is 2. The molecule has 19 heavy (non-hydrogen) atoms. The van der Waals surface area contributed by atoms with Crippen molar-refractivity contribution in [3.63, 3.8) is 0 Å². The van der Waals surface area contributed by atoms with Crippen molar-refractivity contribution >= 4 is 11.8 Å². The maximum Gasteiger partial charge on any atom is 0.355 e. The molecule has 2 rings (SSSR count). The molecule has 2 aromatic heterocycles. The fourth-order valence-corrected chi connectivity index (χ4v) is 1.64. The first kappa shape index (κ1) is 13.1. The van der Waals surface area contributed by atoms with Crippen LogP contribution in [0.5, 0.6) is 0 Å². The summed E-state index contributed by atoms with van der Waals surface area (Å²) in [5, 5.41) is 3.78. The Kier molecular flexibility index (Phi) is 3.50. The van der Waals surface area contributed by atoms with Gasteiger partial charge in [-0.15, -0.1) is 0 Å². The number of H-pyrrole nitrogens is 1. The number of carbonyl (C=O) groups excluding carboxylic acids is 2. The summed E-state index contributed by atoms with van der Waals surface area (Å²) in [6.45, 7) is 5.06. The third kappa shape index (κ3) is 2.73. The number of rotatable bonds is 4. The van der Waals surface area contributed by atoms with E-state index < -0.39 is 5.97 Å². The molecule has 0 atom stereocenters. The van der Waals surface area contributed by atoms with Gasteiger partial charge in [-0.1, -0.05) is 5.16 Å². The van der Waals surface area contributed by atoms with Crippen molar-refractivity contribution in [1.29, 1.82) is 0 Å². The molecule has 6 heteroatoms. The molecule has 0 unspecified atom stereocenters. The molecule has 2 aromatic rings. The maximum absolute atomic E-state index is 11.8. The number of hydrogen-bond donors (Lipinski definition) is 1. The van der Waals surface area contributed by atoms with Gasteiger partial charge in [0.1, 0.15) is 18.1 Å². The molecule has 100 valence electrons. The predicted octanol–water partition coefficient (Wildman–Crippen LogP) is 2.18. The fraction of sp³-hybridized carbons (Fsp3) is 0.308. The number of ketones is 1. The molecule has 0 amide bonds. The lowest BCUT2D eigenvalue weighted by atomic mass is 10.2. The number of nitrogens with one attached hydrogen (secondary N) is 1. The van der Waals surface area contributed by atoms with Gasteiger partial charge in [0, 0.05) is 11.8 Å². The van der Waals surface area contributed by atoms with Crippen molar-refractivity contribution in [2.24, 2.45) is 0 Å². The number of ether oxygens (including phenoxy) is 1. The van der Waals surface area contributed by atoms with Crippen LogP contribution in [-0.4, -0.2) is 21.9 Å². The summed E-state index contributed by atoms with van der Waals surface area (Å²) < 4.78 is 10.1. The van der Waals surface area contributed by atoms with E-state index in [4.69, 9.17) is 9.26 Å². The number of hydrogen-bond acceptors (Lipinski definition) is 5. The van der Waals surface area contributed by atoms with Crippen molar-refractivity contribution in [3.8, 4) is 0 Å². The predicted molar refractivity (Wildman–Crippen MR) is 65.9 cm³/mol. The molecular weight excluding hydrogens is 248 g/mol. The number of nitrogens with zero attached hydrogens (tertiary/aromatic N) is 1. The normalized spacial score (nSPS) is 10.5. The molecular formula is C13H14N2O4. The first-order chi connectivity index (χ1) is 8.99. The third-order valence-corrected chi connectivity index (χ3v) is 2.84. The standard InChI is InChI=1S/C13H14N2O4/c1-7-11(9(3)19-15-7)6-18-13(17)12-4-10(5-14-12)8(2)16/h4-5,14H,6H2,1-3H3. The summed E-state index contributed by atoms with van der Waals surface area (Å²) in [4.78, 5) is 25.6. The van der Waals surface area contributed by atoms with Gasteiger partial charge in [-0.25, -0.2) is 4.79 Å². The van der Waals surface area contributed by atoms with E-state index in [1.54, 1.807) is 13.8 Å². The lowest BCUT2D eigenvalue weighted by Gasteiger charge is -2.02. The summed E-state index contributed by atoms with van der Waals surface area (Å²) >= 11 is 0. The Morgan fingerprint density at radius 2 is 2.16 bits per heavy atom. The van der Waals surface area contributed by atoms with E-state index in [0.29, 0.717) is 17.0 Å². The van der Waals surface area contributed by atoms with Crippen LogP contribution in [0.25, 0.3) is 0 Å². The SMILES string of the molecule is CC(=O)c1c[nH]c(C(=O)OCc2c(C)noc2C)c1. The van der Waals surface area contributed by atoms with Crippen LogP contribution in [0.3, 0.4) is 0 Å². The summed E-state index contributed by atoms with van der Waals surface area (Å²) in [6, 6.07) is 1.47. The fourth-order valence-electron chi connectivity index (χ4n) is 1.64. The van der Waals surface area contributed by atoms with Crippen LogP contribution < -0.4 is 0 Å². The van der Waals surface area contributed by atoms with Gasteiger partial charge in [-0.3, -0.25) is 4.79 Å². The summed E-state index contributed by atoms with van der Waals surface area (Å²) in [7, 11) is 0. The second kappa shape index (κ2) is 5.09. The van der Waals surface area contributed by atoms with Gasteiger partial charge in [0.15, 0.2) is 5.78 Å². The second-order valence-electron chi connectivity index (χ2n) is 4.24. The number of carbonyl (C=O) groups is 2. The highest BCUT2D eigenvalue weighted by molar-refractivity contribution is 5.97. The van der Waals surface area contributed by atoms with E-state index in [-0.39, 0.29) is 18.1 Å². The van der Waals surface area contributed by atoms with Gasteiger partial charge in [-0.2, -0.15) is 0 Å². The smallest absolute Gasteiger partial charge is 0.355 e. The van der Waals surface area contributed by atoms with Gasteiger partial charge in [0.25, 0.3) is 0 Å². The summed E-state index contributed by atoms with van der Waals surface area (Å²) in [6.07, 6.45) is 1.48. The van der Waals surface area contributed by atoms with Crippen LogP contribution in [0.2, 0.25) is 0 Å². The molecule has 0 fully saturated rings. The van der Waals surface area contributed by atoms with E-state index in [9.17, 15) is 9.59 Å². The van der Waals surface area contributed by atoms with Crippen LogP contribution in [0.15, 0.2) is 16.8 Å². The Hall–Kier alpha value is -2.37. The minimum absolute atomic E-state index is 0.0917. The quantitative estimate of drug-likeness (QED) is 0.674. The molecule has 0 bridgehead atoms. The lowest BCUT2D eigenvalue weighted by molar-refractivity contribution is 0.0464. The zero-order chi connectivity index (χ0) is 14.0. The van der Waals surface area contributed by atoms with Crippen molar-refractivity contribution in [3.05, 3.63) is 40.5 Å². The van der Waals surface area contributed by atoms with Gasteiger partial charge >= 0.3 is 5.97 Å². The van der Waals surface area contributed by atoms with Crippen LogP contribution in [-0.2, 0) is 11.3 Å². The summed E-state index contributed by atoms with van der Waals surface area (Å²) in [5.41, 5.74) is 2.15. The van der Waals surface area contributed by atoms with E-state index in [0.717, 1.165) is 5.56 Å². The zero-order valence-electron chi connectivity index (χ0n) is 10.9. The van der Waals surface area contributed by atoms with Crippen LogP contribution in [0.1, 0.15) is 44.8 Å². The molecule has 0 aliphatic carbocycles. The average Bonchev–Trinajstić information content (AvgIpc) is 2.95. The highest BCUT2D eigenvalue weighted by Gasteiger charge is 2.15. The van der Waals surface area contributed by atoms with E-state index in [1.165, 1.54) is 19.2 Å². The van der Waals surface area contributed by atoms with Crippen molar-refractivity contribution in [2.45, 2.75) is 27.4 Å². The number of aromatic amines is 1. The molecule has 0 aromatic carbocycles. The Morgan fingerprint density at radius 1 is 1.42 bits per heavy atom.